The van der Waals surface area contributed by atoms with Crippen LogP contribution < -0.4 is 5.32 Å². The Kier molecular flexibility index (Phi) is 5.57. The van der Waals surface area contributed by atoms with Gasteiger partial charge in [0.15, 0.2) is 0 Å². The molecule has 0 spiro atoms. The third-order valence-electron chi connectivity index (χ3n) is 5.50. The van der Waals surface area contributed by atoms with Gasteiger partial charge < -0.3 is 15.2 Å². The van der Waals surface area contributed by atoms with Gasteiger partial charge in [0, 0.05) is 25.3 Å². The number of amides is 1. The van der Waals surface area contributed by atoms with Crippen LogP contribution in [0.4, 0.5) is 0 Å². The second-order valence-electron chi connectivity index (χ2n) is 7.56. The highest BCUT2D eigenvalue weighted by Gasteiger charge is 2.42. The lowest BCUT2D eigenvalue weighted by molar-refractivity contribution is -0.121. The molecule has 2 atom stereocenters. The number of rotatable bonds is 6. The first-order valence-electron chi connectivity index (χ1n) is 9.69. The number of nitrogens with zero attached hydrogens (tertiary/aromatic N) is 4. The molecule has 1 saturated heterocycles. The van der Waals surface area contributed by atoms with Crippen molar-refractivity contribution in [3.63, 3.8) is 0 Å². The lowest BCUT2D eigenvalue weighted by Gasteiger charge is -2.49. The van der Waals surface area contributed by atoms with E-state index in [4.69, 9.17) is 4.74 Å². The number of nitrogens with one attached hydrogen (secondary N) is 1. The third kappa shape index (κ3) is 4.00. The summed E-state index contributed by atoms with van der Waals surface area (Å²) in [5.74, 6) is -0.229. The molecule has 4 rings (SSSR count). The Balaban J connectivity index is 1.51. The molecule has 1 amide bonds. The van der Waals surface area contributed by atoms with Crippen LogP contribution >= 0.6 is 0 Å². The molecule has 2 N–H and O–H groups in total. The van der Waals surface area contributed by atoms with Crippen molar-refractivity contribution >= 4 is 11.4 Å². The van der Waals surface area contributed by atoms with Crippen LogP contribution in [0.3, 0.4) is 0 Å². The molecule has 0 aliphatic carbocycles. The second-order valence-corrected chi connectivity index (χ2v) is 7.56. The van der Waals surface area contributed by atoms with E-state index in [1.54, 1.807) is 29.0 Å². The van der Waals surface area contributed by atoms with Gasteiger partial charge >= 0.3 is 0 Å². The number of aromatic nitrogens is 3. The van der Waals surface area contributed by atoms with Crippen molar-refractivity contribution in [2.45, 2.75) is 25.0 Å². The summed E-state index contributed by atoms with van der Waals surface area (Å²) in [5, 5.41) is 21.0. The Morgan fingerprint density at radius 3 is 2.93 bits per heavy atom. The number of fused-ring (bicyclic) bond motifs is 1. The molecule has 2 aromatic heterocycles. The highest BCUT2D eigenvalue weighted by atomic mass is 16.5. The smallest absolute Gasteiger partial charge is 0.252 e. The van der Waals surface area contributed by atoms with E-state index in [9.17, 15) is 9.90 Å². The van der Waals surface area contributed by atoms with Gasteiger partial charge in [-0.1, -0.05) is 35.5 Å². The first-order valence-corrected chi connectivity index (χ1v) is 9.69. The van der Waals surface area contributed by atoms with Crippen molar-refractivity contribution in [3.8, 4) is 0 Å². The number of hydrogen-bond acceptors (Lipinski definition) is 6. The summed E-state index contributed by atoms with van der Waals surface area (Å²) in [6.07, 6.45) is 3.27. The molecule has 1 fully saturated rings. The molecular formula is C21H25N5O3. The number of pyridine rings is 1. The van der Waals surface area contributed by atoms with Gasteiger partial charge in [-0.15, -0.1) is 5.10 Å². The summed E-state index contributed by atoms with van der Waals surface area (Å²) in [4.78, 5) is 15.0. The van der Waals surface area contributed by atoms with Crippen LogP contribution in [0.15, 0.2) is 54.9 Å². The summed E-state index contributed by atoms with van der Waals surface area (Å²) in [7, 11) is 0. The van der Waals surface area contributed by atoms with Crippen LogP contribution in [0.2, 0.25) is 0 Å². The van der Waals surface area contributed by atoms with E-state index in [0.717, 1.165) is 11.1 Å². The zero-order valence-electron chi connectivity index (χ0n) is 16.4. The molecule has 0 bridgehead atoms. The van der Waals surface area contributed by atoms with Gasteiger partial charge in [0.25, 0.3) is 5.91 Å². The topological polar surface area (TPSA) is 92.0 Å². The van der Waals surface area contributed by atoms with Crippen molar-refractivity contribution in [1.29, 1.82) is 0 Å². The average Bonchev–Trinajstić information content (AvgIpc) is 3.23. The Morgan fingerprint density at radius 1 is 1.31 bits per heavy atom. The predicted octanol–water partition coefficient (Wildman–Crippen LogP) is 1.11. The van der Waals surface area contributed by atoms with E-state index in [2.05, 4.69) is 39.6 Å². The molecule has 8 heteroatoms. The fourth-order valence-corrected chi connectivity index (χ4v) is 3.81. The predicted molar refractivity (Wildman–Crippen MR) is 107 cm³/mol. The van der Waals surface area contributed by atoms with E-state index in [-0.39, 0.29) is 25.1 Å². The Morgan fingerprint density at radius 2 is 2.14 bits per heavy atom. The lowest BCUT2D eigenvalue weighted by Crippen LogP contribution is -2.66. The maximum Gasteiger partial charge on any atom is 0.252 e. The average molecular weight is 395 g/mol. The number of aliphatic hydroxyl groups is 1. The van der Waals surface area contributed by atoms with E-state index < -0.39 is 5.54 Å². The van der Waals surface area contributed by atoms with Gasteiger partial charge in [-0.25, -0.2) is 4.52 Å². The fraction of sp³-hybridized carbons (Fsp3) is 0.381. The molecule has 8 nitrogen and oxygen atoms in total. The van der Waals surface area contributed by atoms with E-state index in [1.807, 2.05) is 18.2 Å². The first kappa shape index (κ1) is 19.5. The van der Waals surface area contributed by atoms with Crippen LogP contribution in [-0.2, 0) is 11.3 Å². The lowest BCUT2D eigenvalue weighted by atomic mass is 9.93. The van der Waals surface area contributed by atoms with Gasteiger partial charge in [-0.2, -0.15) is 0 Å². The van der Waals surface area contributed by atoms with E-state index in [1.165, 1.54) is 0 Å². The molecular weight excluding hydrogens is 370 g/mol. The van der Waals surface area contributed by atoms with Gasteiger partial charge in [-0.3, -0.25) is 9.69 Å². The molecule has 1 aromatic carbocycles. The molecule has 1 aliphatic rings. The standard InChI is InChI=1S/C21H25N5O3/c1-16-12-29-15-21(14-27,25(16)10-17-5-3-2-4-6-17)13-22-20(28)18-7-8-19-9-23-24-26(19)11-18/h2-9,11,16,27H,10,12-15H2,1H3,(H,22,28)/t16-,21+/m1/s1. The van der Waals surface area contributed by atoms with Crippen LogP contribution in [0.25, 0.3) is 5.52 Å². The molecule has 3 heterocycles. The van der Waals surface area contributed by atoms with Crippen molar-refractivity contribution in [2.24, 2.45) is 0 Å². The number of morpholine rings is 1. The van der Waals surface area contributed by atoms with Crippen molar-refractivity contribution in [2.75, 3.05) is 26.4 Å². The quantitative estimate of drug-likeness (QED) is 0.650. The monoisotopic (exact) mass is 395 g/mol. The highest BCUT2D eigenvalue weighted by Crippen LogP contribution is 2.26. The third-order valence-corrected chi connectivity index (χ3v) is 5.50. The largest absolute Gasteiger partial charge is 0.394 e. The Hall–Kier alpha value is -2.81. The molecule has 152 valence electrons. The molecule has 0 radical (unpaired) electrons. The summed E-state index contributed by atoms with van der Waals surface area (Å²) in [6, 6.07) is 13.8. The summed E-state index contributed by atoms with van der Waals surface area (Å²) >= 11 is 0. The minimum absolute atomic E-state index is 0.111. The Labute approximate surface area is 169 Å². The van der Waals surface area contributed by atoms with Gasteiger partial charge in [-0.05, 0) is 24.6 Å². The number of carbonyl (C=O) groups excluding carboxylic acids is 1. The van der Waals surface area contributed by atoms with Gasteiger partial charge in [0.2, 0.25) is 0 Å². The number of aliphatic hydroxyl groups excluding tert-OH is 1. The number of ether oxygens (including phenoxy) is 1. The maximum atomic E-state index is 12.7. The molecule has 0 saturated carbocycles. The van der Waals surface area contributed by atoms with Crippen LogP contribution in [0.5, 0.6) is 0 Å². The number of benzene rings is 1. The molecule has 0 unspecified atom stereocenters. The normalized spacial score (nSPS) is 22.6. The molecule has 3 aromatic rings. The van der Waals surface area contributed by atoms with E-state index in [0.29, 0.717) is 25.3 Å². The zero-order chi connectivity index (χ0) is 20.3. The van der Waals surface area contributed by atoms with Crippen molar-refractivity contribution in [3.05, 3.63) is 66.0 Å². The molecule has 29 heavy (non-hydrogen) atoms. The summed E-state index contributed by atoms with van der Waals surface area (Å²) < 4.78 is 7.33. The van der Waals surface area contributed by atoms with Crippen LogP contribution in [-0.4, -0.2) is 68.7 Å². The fourth-order valence-electron chi connectivity index (χ4n) is 3.81. The SMILES string of the molecule is C[C@@H]1COC[C@@](CO)(CNC(=O)c2ccc3cnnn3c2)N1Cc1ccccc1. The number of hydrogen-bond donors (Lipinski definition) is 2. The maximum absolute atomic E-state index is 12.7. The van der Waals surface area contributed by atoms with E-state index >= 15 is 0 Å². The van der Waals surface area contributed by atoms with Gasteiger partial charge in [0.05, 0.1) is 42.6 Å². The zero-order valence-corrected chi connectivity index (χ0v) is 16.4. The first-order chi connectivity index (χ1) is 14.1. The number of carbonyl (C=O) groups is 1. The van der Waals surface area contributed by atoms with Crippen LogP contribution in [0.1, 0.15) is 22.8 Å². The highest BCUT2D eigenvalue weighted by molar-refractivity contribution is 5.94. The second kappa shape index (κ2) is 8.28. The minimum Gasteiger partial charge on any atom is -0.394 e. The Bertz CT molecular complexity index is 977. The minimum atomic E-state index is -0.694. The summed E-state index contributed by atoms with van der Waals surface area (Å²) in [5.41, 5.74) is 1.76. The van der Waals surface area contributed by atoms with Gasteiger partial charge in [0.1, 0.15) is 0 Å². The van der Waals surface area contributed by atoms with Crippen molar-refractivity contribution < 1.29 is 14.6 Å². The molecule has 1 aliphatic heterocycles. The summed E-state index contributed by atoms with van der Waals surface area (Å²) in [6.45, 7) is 3.84. The van der Waals surface area contributed by atoms with Crippen molar-refractivity contribution in [1.82, 2.24) is 25.0 Å². The van der Waals surface area contributed by atoms with Crippen LogP contribution in [0, 0.1) is 0 Å².